The average Bonchev–Trinajstić information content (AvgIpc) is 2.50. The summed E-state index contributed by atoms with van der Waals surface area (Å²) in [4.78, 5) is 0. The van der Waals surface area contributed by atoms with Crippen LogP contribution in [0.15, 0.2) is 36.4 Å². The van der Waals surface area contributed by atoms with Crippen molar-refractivity contribution in [1.82, 2.24) is 0 Å². The van der Waals surface area contributed by atoms with Crippen molar-refractivity contribution in [3.05, 3.63) is 47.5 Å². The van der Waals surface area contributed by atoms with Crippen molar-refractivity contribution in [3.8, 4) is 0 Å². The summed E-state index contributed by atoms with van der Waals surface area (Å²) >= 11 is 0. The van der Waals surface area contributed by atoms with E-state index in [-0.39, 0.29) is 0 Å². The number of benzene rings is 2. The van der Waals surface area contributed by atoms with Crippen LogP contribution in [0.1, 0.15) is 52.7 Å². The Labute approximate surface area is 114 Å². The molecule has 0 aromatic heterocycles. The first kappa shape index (κ1) is 19.0. The molecule has 2 rings (SSSR count). The van der Waals surface area contributed by atoms with E-state index < -0.39 is 0 Å². The molecule has 0 aliphatic rings. The molecule has 0 fully saturated rings. The quantitative estimate of drug-likeness (QED) is 0.495. The van der Waals surface area contributed by atoms with Gasteiger partial charge in [-0.05, 0) is 35.7 Å². The summed E-state index contributed by atoms with van der Waals surface area (Å²) in [6, 6.07) is 12.9. The minimum absolute atomic E-state index is 1.36. The first-order valence-electron chi connectivity index (χ1n) is 7.24. The maximum atomic E-state index is 2.18. The summed E-state index contributed by atoms with van der Waals surface area (Å²) in [5.41, 5.74) is 2.72. The Bertz CT molecular complexity index is 373. The van der Waals surface area contributed by atoms with Crippen molar-refractivity contribution in [3.63, 3.8) is 0 Å². The molecule has 0 saturated heterocycles. The Balaban J connectivity index is 0. The molecule has 0 saturated carbocycles. The van der Waals surface area contributed by atoms with Gasteiger partial charge < -0.3 is 0 Å². The zero-order valence-electron chi connectivity index (χ0n) is 13.5. The normalized spacial score (nSPS) is 8.00. The lowest BCUT2D eigenvalue weighted by molar-refractivity contribution is 1.46. The van der Waals surface area contributed by atoms with E-state index in [2.05, 4.69) is 50.2 Å². The summed E-state index contributed by atoms with van der Waals surface area (Å²) < 4.78 is 0. The van der Waals surface area contributed by atoms with Crippen molar-refractivity contribution >= 4 is 10.8 Å². The summed E-state index contributed by atoms with van der Waals surface area (Å²) in [6.07, 6.45) is 0. The summed E-state index contributed by atoms with van der Waals surface area (Å²) in [7, 11) is 0. The van der Waals surface area contributed by atoms with Gasteiger partial charge in [-0.1, -0.05) is 77.9 Å². The molecule has 0 aliphatic carbocycles. The van der Waals surface area contributed by atoms with Crippen LogP contribution in [0.25, 0.3) is 10.8 Å². The fourth-order valence-corrected chi connectivity index (χ4v) is 1.60. The number of fused-ring (bicyclic) bond motifs is 1. The fraction of sp³-hybridized carbons (Fsp3) is 0.444. The van der Waals surface area contributed by atoms with Gasteiger partial charge in [0.25, 0.3) is 0 Å². The van der Waals surface area contributed by atoms with E-state index >= 15 is 0 Å². The van der Waals surface area contributed by atoms with Crippen LogP contribution >= 0.6 is 0 Å². The van der Waals surface area contributed by atoms with E-state index in [1.165, 1.54) is 21.9 Å². The van der Waals surface area contributed by atoms with Crippen LogP contribution in [-0.2, 0) is 0 Å². The highest BCUT2D eigenvalue weighted by Crippen LogP contribution is 2.20. The van der Waals surface area contributed by atoms with Gasteiger partial charge in [0.2, 0.25) is 0 Å². The first-order valence-corrected chi connectivity index (χ1v) is 7.24. The Morgan fingerprint density at radius 1 is 0.500 bits per heavy atom. The molecule has 0 radical (unpaired) electrons. The van der Waals surface area contributed by atoms with Gasteiger partial charge in [0.05, 0.1) is 0 Å². The van der Waals surface area contributed by atoms with Gasteiger partial charge in [-0.2, -0.15) is 0 Å². The third-order valence-electron chi connectivity index (χ3n) is 2.36. The molecule has 0 atom stereocenters. The van der Waals surface area contributed by atoms with Crippen molar-refractivity contribution < 1.29 is 0 Å². The van der Waals surface area contributed by atoms with Crippen LogP contribution in [0.5, 0.6) is 0 Å². The number of hydrogen-bond acceptors (Lipinski definition) is 0. The Morgan fingerprint density at radius 3 is 1.06 bits per heavy atom. The van der Waals surface area contributed by atoms with Crippen LogP contribution in [0.3, 0.4) is 0 Å². The van der Waals surface area contributed by atoms with Crippen LogP contribution in [0.2, 0.25) is 0 Å². The zero-order valence-corrected chi connectivity index (χ0v) is 13.5. The predicted octanol–water partition coefficient (Wildman–Crippen LogP) is 6.54. The SMILES string of the molecule is CC.CC.CC.Cc1ccc(C)c2ccccc12. The van der Waals surface area contributed by atoms with E-state index in [0.717, 1.165) is 0 Å². The maximum Gasteiger partial charge on any atom is -0.0152 e. The molecule has 0 spiro atoms. The lowest BCUT2D eigenvalue weighted by Crippen LogP contribution is -1.80. The smallest absolute Gasteiger partial charge is 0.0152 e. The third kappa shape index (κ3) is 5.35. The molecule has 0 N–H and O–H groups in total. The monoisotopic (exact) mass is 246 g/mol. The average molecular weight is 246 g/mol. The lowest BCUT2D eigenvalue weighted by atomic mass is 10.0. The van der Waals surface area contributed by atoms with E-state index in [9.17, 15) is 0 Å². The third-order valence-corrected chi connectivity index (χ3v) is 2.36. The molecule has 0 amide bonds. The summed E-state index contributed by atoms with van der Waals surface area (Å²) in [6.45, 7) is 16.3. The largest absolute Gasteiger partial charge is 0.0683 e. The second-order valence-electron chi connectivity index (χ2n) is 3.24. The molecule has 0 nitrogen and oxygen atoms in total. The molecule has 2 aromatic rings. The number of hydrogen-bond donors (Lipinski definition) is 0. The second-order valence-corrected chi connectivity index (χ2v) is 3.24. The molecular weight excluding hydrogens is 216 g/mol. The van der Waals surface area contributed by atoms with Gasteiger partial charge in [-0.15, -0.1) is 0 Å². The summed E-state index contributed by atoms with van der Waals surface area (Å²) in [5.74, 6) is 0. The fourth-order valence-electron chi connectivity index (χ4n) is 1.60. The van der Waals surface area contributed by atoms with Crippen LogP contribution in [0, 0.1) is 13.8 Å². The predicted molar refractivity (Wildman–Crippen MR) is 87.5 cm³/mol. The highest BCUT2D eigenvalue weighted by Gasteiger charge is 1.97. The van der Waals surface area contributed by atoms with Crippen LogP contribution in [-0.4, -0.2) is 0 Å². The standard InChI is InChI=1S/C12H12.3C2H6/c1-9-7-8-10(2)12-6-4-3-5-11(9)12;3*1-2/h3-8H,1-2H3;3*1-2H3. The van der Waals surface area contributed by atoms with Gasteiger partial charge in [-0.3, -0.25) is 0 Å². The first-order chi connectivity index (χ1) is 8.79. The van der Waals surface area contributed by atoms with Crippen molar-refractivity contribution in [2.45, 2.75) is 55.4 Å². The number of rotatable bonds is 0. The summed E-state index contributed by atoms with van der Waals surface area (Å²) in [5, 5.41) is 2.75. The Morgan fingerprint density at radius 2 is 0.778 bits per heavy atom. The molecule has 18 heavy (non-hydrogen) atoms. The topological polar surface area (TPSA) is 0 Å². The molecule has 0 bridgehead atoms. The second kappa shape index (κ2) is 12.2. The minimum Gasteiger partial charge on any atom is -0.0683 e. The molecule has 0 unspecified atom stereocenters. The highest BCUT2D eigenvalue weighted by molar-refractivity contribution is 5.88. The lowest BCUT2D eigenvalue weighted by Gasteiger charge is -2.03. The van der Waals surface area contributed by atoms with Gasteiger partial charge in [0.15, 0.2) is 0 Å². The van der Waals surface area contributed by atoms with Crippen molar-refractivity contribution in [2.75, 3.05) is 0 Å². The van der Waals surface area contributed by atoms with Crippen LogP contribution in [0.4, 0.5) is 0 Å². The molecule has 2 aromatic carbocycles. The zero-order chi connectivity index (χ0) is 14.6. The van der Waals surface area contributed by atoms with Crippen LogP contribution < -0.4 is 0 Å². The Kier molecular flexibility index (Phi) is 12.9. The van der Waals surface area contributed by atoms with Crippen molar-refractivity contribution in [2.24, 2.45) is 0 Å². The van der Waals surface area contributed by atoms with E-state index in [0.29, 0.717) is 0 Å². The maximum absolute atomic E-state index is 2.18. The van der Waals surface area contributed by atoms with Gasteiger partial charge in [0, 0.05) is 0 Å². The molecular formula is C18H30. The number of aryl methyl sites for hydroxylation is 2. The van der Waals surface area contributed by atoms with Gasteiger partial charge in [-0.25, -0.2) is 0 Å². The van der Waals surface area contributed by atoms with E-state index in [1.807, 2.05) is 41.5 Å². The van der Waals surface area contributed by atoms with Gasteiger partial charge >= 0.3 is 0 Å². The van der Waals surface area contributed by atoms with Crippen molar-refractivity contribution in [1.29, 1.82) is 0 Å². The molecule has 0 heterocycles. The molecule has 0 aliphatic heterocycles. The van der Waals surface area contributed by atoms with Gasteiger partial charge in [0.1, 0.15) is 0 Å². The molecule has 0 heteroatoms. The Hall–Kier alpha value is -1.30. The van der Waals surface area contributed by atoms with E-state index in [1.54, 1.807) is 0 Å². The molecule has 102 valence electrons. The minimum atomic E-state index is 1.36. The highest BCUT2D eigenvalue weighted by atomic mass is 14.0. The van der Waals surface area contributed by atoms with E-state index in [4.69, 9.17) is 0 Å².